The fourth-order valence-corrected chi connectivity index (χ4v) is 3.05. The van der Waals surface area contributed by atoms with Gasteiger partial charge in [0.15, 0.2) is 0 Å². The molecule has 1 aliphatic heterocycles. The molecule has 2 aliphatic rings. The van der Waals surface area contributed by atoms with Crippen LogP contribution in [0.5, 0.6) is 0 Å². The zero-order valence-electron chi connectivity index (χ0n) is 13.8. The van der Waals surface area contributed by atoms with Crippen molar-refractivity contribution in [3.63, 3.8) is 0 Å². The van der Waals surface area contributed by atoms with Gasteiger partial charge in [-0.05, 0) is 36.5 Å². The van der Waals surface area contributed by atoms with E-state index >= 15 is 0 Å². The second-order valence-electron chi connectivity index (χ2n) is 6.18. The van der Waals surface area contributed by atoms with Gasteiger partial charge in [-0.15, -0.1) is 0 Å². The normalized spacial score (nSPS) is 23.6. The van der Waals surface area contributed by atoms with Crippen molar-refractivity contribution < 1.29 is 0 Å². The molecule has 0 amide bonds. The fourth-order valence-electron chi connectivity index (χ4n) is 3.05. The average molecular weight is 299 g/mol. The van der Waals surface area contributed by atoms with Crippen molar-refractivity contribution in [2.45, 2.75) is 64.3 Å². The molecule has 0 bridgehead atoms. The molecule has 2 N–H and O–H groups in total. The second kappa shape index (κ2) is 8.62. The van der Waals surface area contributed by atoms with E-state index in [2.05, 4.69) is 30.9 Å². The first-order chi connectivity index (χ1) is 10.7. The number of nitrogens with one attached hydrogen (secondary N) is 2. The highest BCUT2D eigenvalue weighted by Crippen LogP contribution is 2.25. The summed E-state index contributed by atoms with van der Waals surface area (Å²) in [6.45, 7) is 10.6. The first-order valence-corrected chi connectivity index (χ1v) is 8.55. The zero-order valence-corrected chi connectivity index (χ0v) is 13.8. The summed E-state index contributed by atoms with van der Waals surface area (Å²) in [5.74, 6) is 0. The van der Waals surface area contributed by atoms with Crippen molar-refractivity contribution in [1.29, 1.82) is 0 Å². The van der Waals surface area contributed by atoms with Crippen molar-refractivity contribution in [2.75, 3.05) is 0 Å². The number of allylic oxidation sites excluding steroid dienone is 4. The number of hydrogen-bond donors (Lipinski definition) is 2. The van der Waals surface area contributed by atoms with Crippen LogP contribution in [-0.4, -0.2) is 11.8 Å². The van der Waals surface area contributed by atoms with Crippen molar-refractivity contribution >= 4 is 5.71 Å². The van der Waals surface area contributed by atoms with Crippen LogP contribution in [0.4, 0.5) is 0 Å². The third-order valence-corrected chi connectivity index (χ3v) is 4.30. The Kier molecular flexibility index (Phi) is 6.50. The van der Waals surface area contributed by atoms with Gasteiger partial charge in [0.1, 0.15) is 0 Å². The van der Waals surface area contributed by atoms with E-state index in [0.29, 0.717) is 6.04 Å². The molecule has 1 aliphatic carbocycles. The van der Waals surface area contributed by atoms with Crippen LogP contribution in [0.1, 0.15) is 58.3 Å². The lowest BCUT2D eigenvalue weighted by Crippen LogP contribution is -2.25. The summed E-state index contributed by atoms with van der Waals surface area (Å²) in [7, 11) is 0. The minimum absolute atomic E-state index is 0.424. The molecule has 120 valence electrons. The van der Waals surface area contributed by atoms with Gasteiger partial charge >= 0.3 is 0 Å². The van der Waals surface area contributed by atoms with Gasteiger partial charge in [0.05, 0.1) is 11.8 Å². The quantitative estimate of drug-likeness (QED) is 0.746. The summed E-state index contributed by atoms with van der Waals surface area (Å²) in [5.41, 5.74) is 10.3. The topological polar surface area (TPSA) is 36.4 Å². The highest BCUT2D eigenvalue weighted by molar-refractivity contribution is 6.16. The molecule has 0 unspecified atom stereocenters. The Morgan fingerprint density at radius 1 is 1.23 bits per heavy atom. The Morgan fingerprint density at radius 2 is 1.95 bits per heavy atom. The van der Waals surface area contributed by atoms with E-state index in [9.17, 15) is 0 Å². The van der Waals surface area contributed by atoms with Crippen molar-refractivity contribution in [3.05, 3.63) is 48.4 Å². The predicted octanol–water partition coefficient (Wildman–Crippen LogP) is 4.57. The third-order valence-electron chi connectivity index (χ3n) is 4.30. The summed E-state index contributed by atoms with van der Waals surface area (Å²) < 4.78 is 0. The van der Waals surface area contributed by atoms with Gasteiger partial charge in [-0.2, -0.15) is 0 Å². The molecule has 1 saturated carbocycles. The Bertz CT molecular complexity index is 489. The molecule has 2 rings (SSSR count). The Labute approximate surface area is 135 Å². The second-order valence-corrected chi connectivity index (χ2v) is 6.18. The average Bonchev–Trinajstić information content (AvgIpc) is 2.76. The molecular weight excluding hydrogens is 270 g/mol. The number of hydrogen-bond acceptors (Lipinski definition) is 3. The van der Waals surface area contributed by atoms with Crippen molar-refractivity contribution in [2.24, 2.45) is 4.99 Å². The molecular formula is C19H29N3. The maximum atomic E-state index is 5.09. The van der Waals surface area contributed by atoms with Crippen LogP contribution in [0.15, 0.2) is 53.3 Å². The van der Waals surface area contributed by atoms with Crippen molar-refractivity contribution in [1.82, 2.24) is 10.9 Å². The third kappa shape index (κ3) is 4.62. The highest BCUT2D eigenvalue weighted by atomic mass is 15.3. The van der Waals surface area contributed by atoms with E-state index in [1.807, 2.05) is 18.5 Å². The summed E-state index contributed by atoms with van der Waals surface area (Å²) in [6.07, 6.45) is 15.5. The Balaban J connectivity index is 2.29. The summed E-state index contributed by atoms with van der Waals surface area (Å²) in [4.78, 5) is 5.09. The van der Waals surface area contributed by atoms with Crippen molar-refractivity contribution in [3.8, 4) is 0 Å². The van der Waals surface area contributed by atoms with Crippen LogP contribution in [0.25, 0.3) is 0 Å². The molecule has 0 spiro atoms. The lowest BCUT2D eigenvalue weighted by Gasteiger charge is -2.19. The van der Waals surface area contributed by atoms with Gasteiger partial charge in [-0.1, -0.05) is 52.2 Å². The number of aliphatic imine (C=N–C) groups is 1. The number of nitrogens with zero attached hydrogens (tertiary/aromatic N) is 1. The highest BCUT2D eigenvalue weighted by Gasteiger charge is 2.18. The first-order valence-electron chi connectivity index (χ1n) is 8.55. The Morgan fingerprint density at radius 3 is 2.64 bits per heavy atom. The summed E-state index contributed by atoms with van der Waals surface area (Å²) >= 11 is 0. The van der Waals surface area contributed by atoms with E-state index in [4.69, 9.17) is 4.99 Å². The molecule has 1 fully saturated rings. The van der Waals surface area contributed by atoms with Crippen LogP contribution >= 0.6 is 0 Å². The summed E-state index contributed by atoms with van der Waals surface area (Å²) in [5, 5.41) is 0. The van der Waals surface area contributed by atoms with E-state index in [1.54, 1.807) is 0 Å². The Hall–Kier alpha value is -1.77. The smallest absolute Gasteiger partial charge is 0.0734 e. The minimum Gasteiger partial charge on any atom is -0.309 e. The molecule has 0 radical (unpaired) electrons. The van der Waals surface area contributed by atoms with Gasteiger partial charge in [-0.3, -0.25) is 4.99 Å². The standard InChI is InChI=1S/C19H29N3/c1-4-9-15(2)18-14-21-20-13-12-16(3)19(18)22-17-10-7-5-6-8-11-17/h12-14,17,20-21H,2-11H2,1H3/b13-12-,18-14?,22-19?. The molecule has 0 aromatic heterocycles. The maximum absolute atomic E-state index is 5.09. The number of rotatable bonds is 4. The minimum atomic E-state index is 0.424. The van der Waals surface area contributed by atoms with E-state index in [-0.39, 0.29) is 0 Å². The molecule has 22 heavy (non-hydrogen) atoms. The van der Waals surface area contributed by atoms with E-state index in [0.717, 1.165) is 35.3 Å². The van der Waals surface area contributed by atoms with Gasteiger partial charge < -0.3 is 10.9 Å². The van der Waals surface area contributed by atoms with Gasteiger partial charge in [0.2, 0.25) is 0 Å². The lowest BCUT2D eigenvalue weighted by atomic mass is 9.94. The molecule has 3 nitrogen and oxygen atoms in total. The van der Waals surface area contributed by atoms with Gasteiger partial charge in [-0.25, -0.2) is 0 Å². The SMILES string of the molecule is C=C1/C=C\NNC=C(C(=C)CCC)C1=NC1CCCCCC1. The molecule has 0 aromatic carbocycles. The maximum Gasteiger partial charge on any atom is 0.0734 e. The lowest BCUT2D eigenvalue weighted by molar-refractivity contribution is 0.586. The van der Waals surface area contributed by atoms with Crippen LogP contribution in [0.2, 0.25) is 0 Å². The van der Waals surface area contributed by atoms with E-state index < -0.39 is 0 Å². The van der Waals surface area contributed by atoms with E-state index in [1.165, 1.54) is 38.5 Å². The van der Waals surface area contributed by atoms with Gasteiger partial charge in [0, 0.05) is 18.0 Å². The molecule has 1 heterocycles. The molecule has 0 atom stereocenters. The predicted molar refractivity (Wildman–Crippen MR) is 95.6 cm³/mol. The number of hydrazine groups is 1. The largest absolute Gasteiger partial charge is 0.309 e. The van der Waals surface area contributed by atoms with Crippen LogP contribution in [-0.2, 0) is 0 Å². The summed E-state index contributed by atoms with van der Waals surface area (Å²) in [6, 6.07) is 0.424. The molecule has 0 saturated heterocycles. The molecule has 0 aromatic rings. The monoisotopic (exact) mass is 299 g/mol. The van der Waals surface area contributed by atoms with Crippen LogP contribution in [0.3, 0.4) is 0 Å². The van der Waals surface area contributed by atoms with Gasteiger partial charge in [0.25, 0.3) is 0 Å². The van der Waals surface area contributed by atoms with Crippen LogP contribution < -0.4 is 10.9 Å². The first kappa shape index (κ1) is 16.6. The van der Waals surface area contributed by atoms with Crippen LogP contribution in [0, 0.1) is 0 Å². The zero-order chi connectivity index (χ0) is 15.8. The molecule has 3 heteroatoms. The fraction of sp³-hybridized carbons (Fsp3) is 0.526.